The number of nitrogens with zero attached hydrogens (tertiary/aromatic N) is 1. The molecule has 0 spiro atoms. The van der Waals surface area contributed by atoms with Gasteiger partial charge in [-0.2, -0.15) is 0 Å². The Kier molecular flexibility index (Phi) is 9.92. The molecule has 0 saturated carbocycles. The molecule has 0 aliphatic heterocycles. The van der Waals surface area contributed by atoms with Crippen molar-refractivity contribution in [2.24, 2.45) is 0 Å². The monoisotopic (exact) mass is 356 g/mol. The number of benzene rings is 1. The average Bonchev–Trinajstić information content (AvgIpc) is 2.49. The maximum Gasteiger partial charge on any atom is 0.0474 e. The number of halogens is 1. The topological polar surface area (TPSA) is 24.5 Å². The highest BCUT2D eigenvalue weighted by molar-refractivity contribution is 9.10. The van der Waals surface area contributed by atoms with E-state index in [1.807, 2.05) is 0 Å². The van der Waals surface area contributed by atoms with Crippen molar-refractivity contribution in [1.82, 2.24) is 10.2 Å². The van der Waals surface area contributed by atoms with E-state index in [-0.39, 0.29) is 0 Å². The van der Waals surface area contributed by atoms with Gasteiger partial charge in [0.2, 0.25) is 0 Å². The first-order chi connectivity index (χ1) is 10.2. The molecule has 0 bridgehead atoms. The predicted octanol–water partition coefficient (Wildman–Crippen LogP) is 3.85. The summed E-state index contributed by atoms with van der Waals surface area (Å²) in [5.41, 5.74) is 1.36. The molecule has 1 atom stereocenters. The van der Waals surface area contributed by atoms with Crippen LogP contribution in [0, 0.1) is 0 Å². The first-order valence-electron chi connectivity index (χ1n) is 7.84. The van der Waals surface area contributed by atoms with Crippen molar-refractivity contribution in [2.45, 2.75) is 32.2 Å². The SMILES string of the molecule is CCCNC(CCN(C)CCCOC)c1ccccc1Br. The van der Waals surface area contributed by atoms with Crippen LogP contribution < -0.4 is 5.32 Å². The zero-order valence-corrected chi connectivity index (χ0v) is 15.2. The highest BCUT2D eigenvalue weighted by Gasteiger charge is 2.14. The molecule has 120 valence electrons. The van der Waals surface area contributed by atoms with Gasteiger partial charge in [0.25, 0.3) is 0 Å². The highest BCUT2D eigenvalue weighted by Crippen LogP contribution is 2.25. The van der Waals surface area contributed by atoms with Crippen LogP contribution in [0.4, 0.5) is 0 Å². The van der Waals surface area contributed by atoms with Crippen LogP contribution in [0.15, 0.2) is 28.7 Å². The van der Waals surface area contributed by atoms with Gasteiger partial charge in [-0.15, -0.1) is 0 Å². The average molecular weight is 357 g/mol. The molecule has 0 amide bonds. The Morgan fingerprint density at radius 1 is 1.29 bits per heavy atom. The second kappa shape index (κ2) is 11.2. The van der Waals surface area contributed by atoms with E-state index in [1.54, 1.807) is 7.11 Å². The summed E-state index contributed by atoms with van der Waals surface area (Å²) in [5.74, 6) is 0. The van der Waals surface area contributed by atoms with Gasteiger partial charge < -0.3 is 15.0 Å². The Bertz CT molecular complexity index is 387. The van der Waals surface area contributed by atoms with Crippen molar-refractivity contribution in [2.75, 3.05) is 40.4 Å². The number of hydrogen-bond donors (Lipinski definition) is 1. The molecule has 4 heteroatoms. The molecule has 21 heavy (non-hydrogen) atoms. The standard InChI is InChI=1S/C17H29BrN2O/c1-4-11-19-17(15-8-5-6-9-16(15)18)10-13-20(2)12-7-14-21-3/h5-6,8-9,17,19H,4,7,10-14H2,1-3H3. The van der Waals surface area contributed by atoms with Gasteiger partial charge in [0, 0.05) is 30.8 Å². The summed E-state index contributed by atoms with van der Waals surface area (Å²) in [5, 5.41) is 3.67. The van der Waals surface area contributed by atoms with Crippen LogP contribution in [0.1, 0.15) is 37.8 Å². The highest BCUT2D eigenvalue weighted by atomic mass is 79.9. The summed E-state index contributed by atoms with van der Waals surface area (Å²) < 4.78 is 6.31. The third-order valence-corrected chi connectivity index (χ3v) is 4.33. The molecular weight excluding hydrogens is 328 g/mol. The molecule has 1 aromatic rings. The van der Waals surface area contributed by atoms with E-state index < -0.39 is 0 Å². The van der Waals surface area contributed by atoms with E-state index >= 15 is 0 Å². The van der Waals surface area contributed by atoms with Crippen molar-refractivity contribution in [3.05, 3.63) is 34.3 Å². The lowest BCUT2D eigenvalue weighted by Gasteiger charge is -2.24. The minimum Gasteiger partial charge on any atom is -0.385 e. The third kappa shape index (κ3) is 7.41. The quantitative estimate of drug-likeness (QED) is 0.609. The molecule has 0 radical (unpaired) electrons. The summed E-state index contributed by atoms with van der Waals surface area (Å²) in [6.45, 7) is 6.28. The summed E-state index contributed by atoms with van der Waals surface area (Å²) in [7, 11) is 3.95. The van der Waals surface area contributed by atoms with E-state index in [4.69, 9.17) is 4.74 Å². The predicted molar refractivity (Wildman–Crippen MR) is 93.8 cm³/mol. The minimum atomic E-state index is 0.408. The van der Waals surface area contributed by atoms with Gasteiger partial charge in [0.05, 0.1) is 0 Å². The first kappa shape index (κ1) is 18.6. The zero-order valence-electron chi connectivity index (χ0n) is 13.6. The van der Waals surface area contributed by atoms with E-state index in [0.717, 1.165) is 45.5 Å². The largest absolute Gasteiger partial charge is 0.385 e. The molecule has 0 saturated heterocycles. The molecule has 1 unspecified atom stereocenters. The fraction of sp³-hybridized carbons (Fsp3) is 0.647. The van der Waals surface area contributed by atoms with Crippen molar-refractivity contribution >= 4 is 15.9 Å². The van der Waals surface area contributed by atoms with Gasteiger partial charge in [-0.3, -0.25) is 0 Å². The summed E-state index contributed by atoms with van der Waals surface area (Å²) in [6, 6.07) is 8.93. The fourth-order valence-electron chi connectivity index (χ4n) is 2.38. The normalized spacial score (nSPS) is 12.8. The molecule has 1 rings (SSSR count). The van der Waals surface area contributed by atoms with E-state index in [9.17, 15) is 0 Å². The van der Waals surface area contributed by atoms with Crippen LogP contribution in [0.25, 0.3) is 0 Å². The third-order valence-electron chi connectivity index (χ3n) is 3.61. The molecule has 0 heterocycles. The molecule has 0 aliphatic carbocycles. The van der Waals surface area contributed by atoms with Crippen LogP contribution in [0.2, 0.25) is 0 Å². The van der Waals surface area contributed by atoms with Crippen molar-refractivity contribution < 1.29 is 4.74 Å². The summed E-state index contributed by atoms with van der Waals surface area (Å²) in [6.07, 6.45) is 3.37. The van der Waals surface area contributed by atoms with Gasteiger partial charge in [0.1, 0.15) is 0 Å². The van der Waals surface area contributed by atoms with Gasteiger partial charge in [-0.05, 0) is 51.0 Å². The zero-order chi connectivity index (χ0) is 15.5. The number of hydrogen-bond acceptors (Lipinski definition) is 3. The molecule has 0 aliphatic rings. The number of rotatable bonds is 11. The van der Waals surface area contributed by atoms with Crippen molar-refractivity contribution in [1.29, 1.82) is 0 Å². The molecule has 0 aromatic heterocycles. The molecule has 1 aromatic carbocycles. The lowest BCUT2D eigenvalue weighted by Crippen LogP contribution is -2.29. The van der Waals surface area contributed by atoms with Gasteiger partial charge in [-0.1, -0.05) is 41.1 Å². The smallest absolute Gasteiger partial charge is 0.0474 e. The Morgan fingerprint density at radius 2 is 2.05 bits per heavy atom. The molecule has 3 nitrogen and oxygen atoms in total. The number of nitrogens with one attached hydrogen (secondary N) is 1. The van der Waals surface area contributed by atoms with Crippen LogP contribution >= 0.6 is 15.9 Å². The second-order valence-electron chi connectivity index (χ2n) is 5.47. The van der Waals surface area contributed by atoms with E-state index in [1.165, 1.54) is 10.0 Å². The maximum atomic E-state index is 5.11. The van der Waals surface area contributed by atoms with Crippen LogP contribution in [-0.4, -0.2) is 45.3 Å². The fourth-order valence-corrected chi connectivity index (χ4v) is 2.94. The van der Waals surface area contributed by atoms with Gasteiger partial charge >= 0.3 is 0 Å². The molecule has 0 fully saturated rings. The van der Waals surface area contributed by atoms with Gasteiger partial charge in [-0.25, -0.2) is 0 Å². The number of methoxy groups -OCH3 is 1. The summed E-state index contributed by atoms with van der Waals surface area (Å²) >= 11 is 3.68. The minimum absolute atomic E-state index is 0.408. The van der Waals surface area contributed by atoms with Gasteiger partial charge in [0.15, 0.2) is 0 Å². The first-order valence-corrected chi connectivity index (χ1v) is 8.63. The Labute approximate surface area is 138 Å². The Balaban J connectivity index is 2.52. The van der Waals surface area contributed by atoms with Crippen LogP contribution in [-0.2, 0) is 4.74 Å². The van der Waals surface area contributed by atoms with Crippen molar-refractivity contribution in [3.63, 3.8) is 0 Å². The lowest BCUT2D eigenvalue weighted by molar-refractivity contribution is 0.178. The van der Waals surface area contributed by atoms with Crippen molar-refractivity contribution in [3.8, 4) is 0 Å². The second-order valence-corrected chi connectivity index (χ2v) is 6.32. The van der Waals surface area contributed by atoms with Crippen LogP contribution in [0.3, 0.4) is 0 Å². The van der Waals surface area contributed by atoms with E-state index in [0.29, 0.717) is 6.04 Å². The molecular formula is C17H29BrN2O. The molecule has 1 N–H and O–H groups in total. The Hall–Kier alpha value is -0.420. The lowest BCUT2D eigenvalue weighted by atomic mass is 10.0. The summed E-state index contributed by atoms with van der Waals surface area (Å²) in [4.78, 5) is 2.39. The maximum absolute atomic E-state index is 5.11. The van der Waals surface area contributed by atoms with E-state index in [2.05, 4.69) is 64.4 Å². The van der Waals surface area contributed by atoms with Crippen LogP contribution in [0.5, 0.6) is 0 Å². The Morgan fingerprint density at radius 3 is 2.71 bits per heavy atom. The number of ether oxygens (including phenoxy) is 1.